The van der Waals surface area contributed by atoms with E-state index in [9.17, 15) is 4.79 Å². The lowest BCUT2D eigenvalue weighted by atomic mass is 10.1. The number of fused-ring (bicyclic) bond motifs is 1. The Kier molecular flexibility index (Phi) is 4.50. The normalized spacial score (nSPS) is 16.8. The van der Waals surface area contributed by atoms with E-state index < -0.39 is 0 Å². The molecule has 5 heteroatoms. The van der Waals surface area contributed by atoms with Crippen LogP contribution in [0, 0.1) is 0 Å². The third kappa shape index (κ3) is 2.88. The fourth-order valence-corrected chi connectivity index (χ4v) is 3.12. The predicted octanol–water partition coefficient (Wildman–Crippen LogP) is 3.06. The first-order valence-corrected chi connectivity index (χ1v) is 7.46. The average molecular weight is 338 g/mol. The van der Waals surface area contributed by atoms with Gasteiger partial charge in [0.1, 0.15) is 6.04 Å². The number of benzene rings is 1. The van der Waals surface area contributed by atoms with Gasteiger partial charge in [-0.3, -0.25) is 4.79 Å². The molecule has 1 aliphatic rings. The van der Waals surface area contributed by atoms with Crippen molar-refractivity contribution in [1.29, 1.82) is 0 Å². The van der Waals surface area contributed by atoms with Gasteiger partial charge in [0.15, 0.2) is 0 Å². The fourth-order valence-electron chi connectivity index (χ4n) is 2.46. The lowest BCUT2D eigenvalue weighted by Gasteiger charge is -2.22. The minimum Gasteiger partial charge on any atom is -0.370 e. The molecule has 1 aromatic carbocycles. The van der Waals surface area contributed by atoms with E-state index in [1.807, 2.05) is 33.0 Å². The number of amides is 1. The minimum atomic E-state index is -0.258. The van der Waals surface area contributed by atoms with Gasteiger partial charge in [-0.2, -0.15) is 0 Å². The highest BCUT2D eigenvalue weighted by atomic mass is 79.9. The Morgan fingerprint density at radius 3 is 2.85 bits per heavy atom. The van der Waals surface area contributed by atoms with Crippen molar-refractivity contribution >= 4 is 33.2 Å². The van der Waals surface area contributed by atoms with Crippen molar-refractivity contribution in [1.82, 2.24) is 5.32 Å². The van der Waals surface area contributed by atoms with E-state index in [-0.39, 0.29) is 11.9 Å². The standard InChI is InChI=1S/C15H20BrN3O/c1-5-17-14-10-6-11(16)13(19(4)8-9(2)3)7-12(10)18-15(14)20/h6-7,14,17H,2,5,8H2,1,3-4H3,(H,18,20). The minimum absolute atomic E-state index is 0.00783. The smallest absolute Gasteiger partial charge is 0.246 e. The van der Waals surface area contributed by atoms with Gasteiger partial charge in [0.25, 0.3) is 0 Å². The van der Waals surface area contributed by atoms with Crippen LogP contribution >= 0.6 is 15.9 Å². The van der Waals surface area contributed by atoms with Crippen LogP contribution in [0.15, 0.2) is 28.8 Å². The van der Waals surface area contributed by atoms with Gasteiger partial charge < -0.3 is 15.5 Å². The first kappa shape index (κ1) is 15.1. The maximum atomic E-state index is 12.0. The first-order valence-electron chi connectivity index (χ1n) is 6.67. The van der Waals surface area contributed by atoms with Crippen LogP contribution in [0.5, 0.6) is 0 Å². The first-order chi connectivity index (χ1) is 9.43. The van der Waals surface area contributed by atoms with E-state index in [0.717, 1.165) is 40.1 Å². The molecule has 1 amide bonds. The van der Waals surface area contributed by atoms with Gasteiger partial charge in [-0.05, 0) is 41.5 Å². The molecule has 1 unspecified atom stereocenters. The quantitative estimate of drug-likeness (QED) is 0.811. The van der Waals surface area contributed by atoms with E-state index in [4.69, 9.17) is 0 Å². The van der Waals surface area contributed by atoms with Gasteiger partial charge >= 0.3 is 0 Å². The molecular formula is C15H20BrN3O. The van der Waals surface area contributed by atoms with Gasteiger partial charge in [0, 0.05) is 29.3 Å². The largest absolute Gasteiger partial charge is 0.370 e. The highest BCUT2D eigenvalue weighted by Gasteiger charge is 2.31. The van der Waals surface area contributed by atoms with E-state index in [0.29, 0.717) is 0 Å². The van der Waals surface area contributed by atoms with Crippen molar-refractivity contribution < 1.29 is 4.79 Å². The van der Waals surface area contributed by atoms with Crippen LogP contribution in [-0.4, -0.2) is 26.0 Å². The molecule has 2 rings (SSSR count). The molecule has 0 saturated carbocycles. The molecule has 1 atom stereocenters. The number of carbonyl (C=O) groups is 1. The van der Waals surface area contributed by atoms with E-state index in [1.54, 1.807) is 0 Å². The van der Waals surface area contributed by atoms with Crippen LogP contribution < -0.4 is 15.5 Å². The molecule has 0 fully saturated rings. The van der Waals surface area contributed by atoms with Crippen LogP contribution in [0.3, 0.4) is 0 Å². The molecule has 0 saturated heterocycles. The summed E-state index contributed by atoms with van der Waals surface area (Å²) in [6.45, 7) is 9.47. The molecule has 4 nitrogen and oxygen atoms in total. The highest BCUT2D eigenvalue weighted by Crippen LogP contribution is 2.38. The van der Waals surface area contributed by atoms with Crippen molar-refractivity contribution in [3.8, 4) is 0 Å². The zero-order valence-corrected chi connectivity index (χ0v) is 13.7. The molecule has 20 heavy (non-hydrogen) atoms. The lowest BCUT2D eigenvalue weighted by Crippen LogP contribution is -2.27. The number of carbonyl (C=O) groups excluding carboxylic acids is 1. The molecule has 0 spiro atoms. The number of nitrogens with zero attached hydrogens (tertiary/aromatic N) is 1. The van der Waals surface area contributed by atoms with Crippen molar-refractivity contribution in [3.05, 3.63) is 34.3 Å². The number of hydrogen-bond donors (Lipinski definition) is 2. The molecule has 2 N–H and O–H groups in total. The Morgan fingerprint density at radius 1 is 1.55 bits per heavy atom. The number of likely N-dealkylation sites (N-methyl/N-ethyl adjacent to an activating group) is 2. The molecule has 0 bridgehead atoms. The van der Waals surface area contributed by atoms with Crippen LogP contribution in [0.2, 0.25) is 0 Å². The Bertz CT molecular complexity index is 556. The molecule has 0 radical (unpaired) electrons. The summed E-state index contributed by atoms with van der Waals surface area (Å²) in [6, 6.07) is 3.77. The second kappa shape index (κ2) is 5.97. The van der Waals surface area contributed by atoms with Crippen LogP contribution in [-0.2, 0) is 4.79 Å². The maximum absolute atomic E-state index is 12.0. The van der Waals surface area contributed by atoms with Crippen molar-refractivity contribution in [2.45, 2.75) is 19.9 Å². The molecular weight excluding hydrogens is 318 g/mol. The van der Waals surface area contributed by atoms with E-state index in [1.165, 1.54) is 0 Å². The van der Waals surface area contributed by atoms with Gasteiger partial charge in [-0.25, -0.2) is 0 Å². The Labute approximate surface area is 128 Å². The molecule has 1 aromatic rings. The summed E-state index contributed by atoms with van der Waals surface area (Å²) in [5.41, 5.74) is 4.02. The second-order valence-electron chi connectivity index (χ2n) is 5.18. The van der Waals surface area contributed by atoms with E-state index >= 15 is 0 Å². The molecule has 0 aromatic heterocycles. The van der Waals surface area contributed by atoms with Crippen molar-refractivity contribution in [3.63, 3.8) is 0 Å². The van der Waals surface area contributed by atoms with Crippen LogP contribution in [0.4, 0.5) is 11.4 Å². The second-order valence-corrected chi connectivity index (χ2v) is 6.04. The number of anilines is 2. The number of nitrogens with one attached hydrogen (secondary N) is 2. The molecule has 0 aliphatic carbocycles. The van der Waals surface area contributed by atoms with E-state index in [2.05, 4.69) is 38.0 Å². The third-order valence-electron chi connectivity index (χ3n) is 3.28. The molecule has 1 aliphatic heterocycles. The maximum Gasteiger partial charge on any atom is 0.246 e. The zero-order valence-electron chi connectivity index (χ0n) is 12.1. The number of halogens is 1. The fraction of sp³-hybridized carbons (Fsp3) is 0.400. The Balaban J connectivity index is 2.35. The number of rotatable bonds is 5. The molecule has 1 heterocycles. The summed E-state index contributed by atoms with van der Waals surface area (Å²) in [6.07, 6.45) is 0. The predicted molar refractivity (Wildman–Crippen MR) is 87.3 cm³/mol. The van der Waals surface area contributed by atoms with Gasteiger partial charge in [-0.15, -0.1) is 0 Å². The number of hydrogen-bond acceptors (Lipinski definition) is 3. The summed E-state index contributed by atoms with van der Waals surface area (Å²) < 4.78 is 0.986. The summed E-state index contributed by atoms with van der Waals surface area (Å²) >= 11 is 3.60. The summed E-state index contributed by atoms with van der Waals surface area (Å²) in [4.78, 5) is 14.1. The zero-order chi connectivity index (χ0) is 14.9. The Hall–Kier alpha value is -1.33. The summed E-state index contributed by atoms with van der Waals surface area (Å²) in [7, 11) is 2.01. The van der Waals surface area contributed by atoms with Crippen LogP contribution in [0.25, 0.3) is 0 Å². The highest BCUT2D eigenvalue weighted by molar-refractivity contribution is 9.10. The van der Waals surface area contributed by atoms with Crippen molar-refractivity contribution in [2.24, 2.45) is 0 Å². The van der Waals surface area contributed by atoms with Gasteiger partial charge in [0.2, 0.25) is 5.91 Å². The average Bonchev–Trinajstić information content (AvgIpc) is 2.64. The van der Waals surface area contributed by atoms with Crippen molar-refractivity contribution in [2.75, 3.05) is 30.4 Å². The molecule has 108 valence electrons. The topological polar surface area (TPSA) is 44.4 Å². The lowest BCUT2D eigenvalue weighted by molar-refractivity contribution is -0.117. The monoisotopic (exact) mass is 337 g/mol. The Morgan fingerprint density at radius 2 is 2.25 bits per heavy atom. The van der Waals surface area contributed by atoms with Crippen LogP contribution in [0.1, 0.15) is 25.5 Å². The summed E-state index contributed by atoms with van der Waals surface area (Å²) in [5, 5.41) is 6.13. The SMILES string of the molecule is C=C(C)CN(C)c1cc2c(cc1Br)C(NCC)C(=O)N2. The van der Waals surface area contributed by atoms with Gasteiger partial charge in [-0.1, -0.05) is 19.1 Å². The van der Waals surface area contributed by atoms with Gasteiger partial charge in [0.05, 0.1) is 5.69 Å². The third-order valence-corrected chi connectivity index (χ3v) is 3.91. The summed E-state index contributed by atoms with van der Waals surface area (Å²) in [5.74, 6) is 0.00783.